The first-order valence-corrected chi connectivity index (χ1v) is 7.14. The van der Waals surface area contributed by atoms with E-state index in [-0.39, 0.29) is 17.0 Å². The first kappa shape index (κ1) is 14.6. The lowest BCUT2D eigenvalue weighted by molar-refractivity contribution is 0.275. The van der Waals surface area contributed by atoms with Gasteiger partial charge in [-0.2, -0.15) is 5.10 Å². The molecule has 0 aliphatic heterocycles. The van der Waals surface area contributed by atoms with Crippen molar-refractivity contribution >= 4 is 10.0 Å². The molecule has 2 N–H and O–H groups in total. The van der Waals surface area contributed by atoms with Crippen LogP contribution in [0.15, 0.2) is 29.4 Å². The van der Waals surface area contributed by atoms with Crippen LogP contribution >= 0.6 is 0 Å². The third-order valence-electron chi connectivity index (χ3n) is 2.57. The van der Waals surface area contributed by atoms with Crippen LogP contribution in [0.25, 0.3) is 0 Å². The van der Waals surface area contributed by atoms with E-state index in [9.17, 15) is 12.8 Å². The molecular weight excluding hydrogens is 287 g/mol. The number of rotatable bonds is 5. The topological polar surface area (TPSA) is 97.1 Å². The summed E-state index contributed by atoms with van der Waals surface area (Å²) in [5.41, 5.74) is -0.0798. The van der Waals surface area contributed by atoms with Gasteiger partial charge in [-0.05, 0) is 18.2 Å². The average molecular weight is 300 g/mol. The Labute approximate surface area is 115 Å². The molecule has 20 heavy (non-hydrogen) atoms. The molecule has 0 amide bonds. The largest absolute Gasteiger partial charge is 0.392 e. The molecule has 9 heteroatoms. The molecule has 108 valence electrons. The number of aromatic nitrogens is 3. The van der Waals surface area contributed by atoms with Gasteiger partial charge in [0.2, 0.25) is 10.0 Å². The van der Waals surface area contributed by atoms with Crippen molar-refractivity contribution in [1.82, 2.24) is 19.5 Å². The molecule has 0 bridgehead atoms. The van der Waals surface area contributed by atoms with Crippen molar-refractivity contribution < 1.29 is 17.9 Å². The number of nitrogens with one attached hydrogen (secondary N) is 1. The third kappa shape index (κ3) is 3.18. The van der Waals surface area contributed by atoms with Crippen LogP contribution < -0.4 is 4.72 Å². The van der Waals surface area contributed by atoms with Crippen molar-refractivity contribution in [2.45, 2.75) is 18.0 Å². The summed E-state index contributed by atoms with van der Waals surface area (Å²) < 4.78 is 41.0. The molecule has 1 heterocycles. The van der Waals surface area contributed by atoms with Gasteiger partial charge < -0.3 is 5.11 Å². The van der Waals surface area contributed by atoms with Gasteiger partial charge in [0.25, 0.3) is 0 Å². The highest BCUT2D eigenvalue weighted by atomic mass is 32.2. The maximum Gasteiger partial charge on any atom is 0.240 e. The minimum atomic E-state index is -3.82. The van der Waals surface area contributed by atoms with Crippen LogP contribution in [-0.4, -0.2) is 28.3 Å². The SMILES string of the molecule is Cn1cnc(CNS(=O)(=O)c2ccc(F)c(CO)c2)n1. The predicted molar refractivity (Wildman–Crippen MR) is 67.4 cm³/mol. The Morgan fingerprint density at radius 3 is 2.80 bits per heavy atom. The lowest BCUT2D eigenvalue weighted by Crippen LogP contribution is -2.24. The van der Waals surface area contributed by atoms with Gasteiger partial charge in [0.1, 0.15) is 12.1 Å². The van der Waals surface area contributed by atoms with Crippen molar-refractivity contribution in [3.63, 3.8) is 0 Å². The van der Waals surface area contributed by atoms with Crippen LogP contribution in [0.5, 0.6) is 0 Å². The van der Waals surface area contributed by atoms with Crippen molar-refractivity contribution in [2.75, 3.05) is 0 Å². The van der Waals surface area contributed by atoms with E-state index in [1.807, 2.05) is 0 Å². The van der Waals surface area contributed by atoms with E-state index in [4.69, 9.17) is 5.11 Å². The van der Waals surface area contributed by atoms with Gasteiger partial charge in [-0.15, -0.1) is 0 Å². The van der Waals surface area contributed by atoms with E-state index in [1.165, 1.54) is 11.0 Å². The molecule has 7 nitrogen and oxygen atoms in total. The molecule has 2 rings (SSSR count). The van der Waals surface area contributed by atoms with Gasteiger partial charge in [0, 0.05) is 12.6 Å². The monoisotopic (exact) mass is 300 g/mol. The number of hydrogen-bond donors (Lipinski definition) is 2. The van der Waals surface area contributed by atoms with E-state index in [1.54, 1.807) is 7.05 Å². The summed E-state index contributed by atoms with van der Waals surface area (Å²) in [4.78, 5) is 3.76. The standard InChI is InChI=1S/C11H13FN4O3S/c1-16-7-13-11(15-16)5-14-20(18,19)9-2-3-10(12)8(4-9)6-17/h2-4,7,14,17H,5-6H2,1H3. The van der Waals surface area contributed by atoms with Crippen LogP contribution in [0.2, 0.25) is 0 Å². The molecule has 0 radical (unpaired) electrons. The number of aliphatic hydroxyl groups is 1. The van der Waals surface area contributed by atoms with Crippen LogP contribution in [-0.2, 0) is 30.2 Å². The fourth-order valence-electron chi connectivity index (χ4n) is 1.55. The summed E-state index contributed by atoms with van der Waals surface area (Å²) in [6, 6.07) is 3.21. The predicted octanol–water partition coefficient (Wildman–Crippen LogP) is -0.0750. The Morgan fingerprint density at radius 1 is 1.45 bits per heavy atom. The number of hydrogen-bond acceptors (Lipinski definition) is 5. The highest BCUT2D eigenvalue weighted by Crippen LogP contribution is 2.15. The minimum absolute atomic E-state index is 0.0744. The van der Waals surface area contributed by atoms with E-state index in [0.29, 0.717) is 5.82 Å². The smallest absolute Gasteiger partial charge is 0.240 e. The van der Waals surface area contributed by atoms with Crippen molar-refractivity contribution in [1.29, 1.82) is 0 Å². The van der Waals surface area contributed by atoms with Gasteiger partial charge in [-0.1, -0.05) is 0 Å². The van der Waals surface area contributed by atoms with Crippen molar-refractivity contribution in [2.24, 2.45) is 7.05 Å². The molecule has 0 aliphatic carbocycles. The van der Waals surface area contributed by atoms with E-state index < -0.39 is 22.4 Å². The van der Waals surface area contributed by atoms with Crippen LogP contribution in [0.3, 0.4) is 0 Å². The normalized spacial score (nSPS) is 11.8. The second-order valence-electron chi connectivity index (χ2n) is 4.07. The molecule has 0 unspecified atom stereocenters. The van der Waals surface area contributed by atoms with Gasteiger partial charge >= 0.3 is 0 Å². The molecule has 1 aromatic carbocycles. The number of benzene rings is 1. The summed E-state index contributed by atoms with van der Waals surface area (Å²) in [7, 11) is -2.15. The van der Waals surface area contributed by atoms with E-state index in [2.05, 4.69) is 14.8 Å². The zero-order valence-corrected chi connectivity index (χ0v) is 11.4. The molecule has 2 aromatic rings. The maximum absolute atomic E-state index is 13.2. The van der Waals surface area contributed by atoms with Crippen LogP contribution in [0.4, 0.5) is 4.39 Å². The second-order valence-corrected chi connectivity index (χ2v) is 5.84. The highest BCUT2D eigenvalue weighted by Gasteiger charge is 2.16. The molecular formula is C11H13FN4O3S. The molecule has 0 aliphatic rings. The first-order valence-electron chi connectivity index (χ1n) is 5.66. The summed E-state index contributed by atoms with van der Waals surface area (Å²) in [5.74, 6) is -0.335. The number of nitrogens with zero attached hydrogens (tertiary/aromatic N) is 3. The second kappa shape index (κ2) is 5.65. The quantitative estimate of drug-likeness (QED) is 0.805. The Kier molecular flexibility index (Phi) is 4.12. The number of aliphatic hydroxyl groups excluding tert-OH is 1. The Hall–Kier alpha value is -1.84. The van der Waals surface area contributed by atoms with E-state index in [0.717, 1.165) is 18.2 Å². The highest BCUT2D eigenvalue weighted by molar-refractivity contribution is 7.89. The van der Waals surface area contributed by atoms with Gasteiger partial charge in [0.05, 0.1) is 18.0 Å². The Morgan fingerprint density at radius 2 is 2.20 bits per heavy atom. The molecule has 0 fully saturated rings. The molecule has 0 atom stereocenters. The number of aryl methyl sites for hydroxylation is 1. The molecule has 1 aromatic heterocycles. The van der Waals surface area contributed by atoms with E-state index >= 15 is 0 Å². The lowest BCUT2D eigenvalue weighted by Gasteiger charge is -2.07. The lowest BCUT2D eigenvalue weighted by atomic mass is 10.2. The molecule has 0 saturated heterocycles. The average Bonchev–Trinajstić information content (AvgIpc) is 2.83. The Bertz CT molecular complexity index is 714. The maximum atomic E-state index is 13.2. The molecule has 0 spiro atoms. The van der Waals surface area contributed by atoms with Crippen molar-refractivity contribution in [3.05, 3.63) is 41.7 Å². The fourth-order valence-corrected chi connectivity index (χ4v) is 2.58. The summed E-state index contributed by atoms with van der Waals surface area (Å²) in [6.45, 7) is -0.647. The summed E-state index contributed by atoms with van der Waals surface area (Å²) in [5, 5.41) is 12.9. The zero-order chi connectivity index (χ0) is 14.8. The number of sulfonamides is 1. The van der Waals surface area contributed by atoms with Gasteiger partial charge in [-0.25, -0.2) is 22.5 Å². The molecule has 0 saturated carbocycles. The summed E-state index contributed by atoms with van der Waals surface area (Å²) in [6.07, 6.45) is 1.45. The van der Waals surface area contributed by atoms with Crippen molar-refractivity contribution in [3.8, 4) is 0 Å². The van der Waals surface area contributed by atoms with Gasteiger partial charge in [0.15, 0.2) is 5.82 Å². The van der Waals surface area contributed by atoms with Crippen LogP contribution in [0, 0.1) is 5.82 Å². The summed E-state index contributed by atoms with van der Waals surface area (Å²) >= 11 is 0. The first-order chi connectivity index (χ1) is 9.42. The fraction of sp³-hybridized carbons (Fsp3) is 0.273. The van der Waals surface area contributed by atoms with Crippen LogP contribution in [0.1, 0.15) is 11.4 Å². The minimum Gasteiger partial charge on any atom is -0.392 e. The Balaban J connectivity index is 2.17. The zero-order valence-electron chi connectivity index (χ0n) is 10.6. The number of halogens is 1. The van der Waals surface area contributed by atoms with Gasteiger partial charge in [-0.3, -0.25) is 4.68 Å². The third-order valence-corrected chi connectivity index (χ3v) is 3.96.